The first kappa shape index (κ1) is 23.2. The standard InChI is InChI=1S/C21H25ClN2O6S/c1-4-30-20-11-14(5-8-19(20)29-2)18(13-31(3,27)28)24-16-7-6-15(22)12-17(16)23(9-10-25)21(24)26/h5-8,11-12,18,25H,4,9-10,13H2,1-3H3. The Kier molecular flexibility index (Phi) is 6.98. The minimum atomic E-state index is -3.47. The average molecular weight is 469 g/mol. The van der Waals surface area contributed by atoms with Crippen LogP contribution in [0, 0.1) is 0 Å². The van der Waals surface area contributed by atoms with Crippen LogP contribution in [0.3, 0.4) is 0 Å². The first-order valence-corrected chi connectivity index (χ1v) is 12.1. The van der Waals surface area contributed by atoms with E-state index in [2.05, 4.69) is 0 Å². The number of imidazole rings is 1. The third-order valence-corrected chi connectivity index (χ3v) is 6.05. The summed E-state index contributed by atoms with van der Waals surface area (Å²) in [4.78, 5) is 13.3. The fourth-order valence-corrected chi connectivity index (χ4v) is 4.73. The van der Waals surface area contributed by atoms with E-state index in [0.29, 0.717) is 39.7 Å². The van der Waals surface area contributed by atoms with Crippen LogP contribution >= 0.6 is 11.6 Å². The Morgan fingerprint density at radius 1 is 1.13 bits per heavy atom. The molecule has 3 rings (SSSR count). The summed E-state index contributed by atoms with van der Waals surface area (Å²) in [6.45, 7) is 2.03. The normalized spacial score (nSPS) is 12.8. The molecule has 1 unspecified atom stereocenters. The smallest absolute Gasteiger partial charge is 0.329 e. The molecule has 0 aliphatic carbocycles. The monoisotopic (exact) mass is 468 g/mol. The molecule has 8 nitrogen and oxygen atoms in total. The Bertz CT molecular complexity index is 1250. The lowest BCUT2D eigenvalue weighted by Crippen LogP contribution is -2.32. The second kappa shape index (κ2) is 9.33. The summed E-state index contributed by atoms with van der Waals surface area (Å²) in [7, 11) is -1.96. The van der Waals surface area contributed by atoms with Crippen LogP contribution in [-0.4, -0.2) is 55.0 Å². The minimum absolute atomic E-state index is 0.0566. The molecule has 1 atom stereocenters. The number of aliphatic hydroxyl groups is 1. The molecule has 0 saturated heterocycles. The van der Waals surface area contributed by atoms with Crippen LogP contribution in [0.5, 0.6) is 11.5 Å². The van der Waals surface area contributed by atoms with Gasteiger partial charge in [0.1, 0.15) is 9.84 Å². The largest absolute Gasteiger partial charge is 0.493 e. The summed E-state index contributed by atoms with van der Waals surface area (Å²) < 4.78 is 38.4. The number of methoxy groups -OCH3 is 1. The highest BCUT2D eigenvalue weighted by molar-refractivity contribution is 7.90. The van der Waals surface area contributed by atoms with Gasteiger partial charge in [-0.25, -0.2) is 13.2 Å². The molecule has 1 heterocycles. The Hall–Kier alpha value is -2.49. The Morgan fingerprint density at radius 2 is 1.87 bits per heavy atom. The number of ether oxygens (including phenoxy) is 2. The maximum atomic E-state index is 13.3. The van der Waals surface area contributed by atoms with Crippen molar-refractivity contribution >= 4 is 32.5 Å². The minimum Gasteiger partial charge on any atom is -0.493 e. The highest BCUT2D eigenvalue weighted by Crippen LogP contribution is 2.33. The third kappa shape index (κ3) is 4.89. The highest BCUT2D eigenvalue weighted by atomic mass is 35.5. The van der Waals surface area contributed by atoms with E-state index in [1.807, 2.05) is 6.92 Å². The average Bonchev–Trinajstić information content (AvgIpc) is 2.97. The number of aliphatic hydroxyl groups excluding tert-OH is 1. The van der Waals surface area contributed by atoms with Gasteiger partial charge in [0.15, 0.2) is 11.5 Å². The van der Waals surface area contributed by atoms with Crippen LogP contribution in [0.25, 0.3) is 11.0 Å². The quantitative estimate of drug-likeness (QED) is 0.518. The maximum absolute atomic E-state index is 13.3. The highest BCUT2D eigenvalue weighted by Gasteiger charge is 2.26. The number of fused-ring (bicyclic) bond motifs is 1. The Balaban J connectivity index is 2.31. The van der Waals surface area contributed by atoms with Crippen LogP contribution in [0.2, 0.25) is 5.02 Å². The van der Waals surface area contributed by atoms with Crippen molar-refractivity contribution in [2.24, 2.45) is 0 Å². The van der Waals surface area contributed by atoms with Crippen LogP contribution in [0.1, 0.15) is 18.5 Å². The molecular formula is C21H25ClN2O6S. The zero-order valence-corrected chi connectivity index (χ0v) is 19.1. The first-order valence-electron chi connectivity index (χ1n) is 9.69. The molecule has 0 radical (unpaired) electrons. The van der Waals surface area contributed by atoms with Gasteiger partial charge in [-0.2, -0.15) is 0 Å². The number of nitrogens with zero attached hydrogens (tertiary/aromatic N) is 2. The lowest BCUT2D eigenvalue weighted by atomic mass is 10.1. The lowest BCUT2D eigenvalue weighted by molar-refractivity contribution is 0.275. The molecule has 31 heavy (non-hydrogen) atoms. The SMILES string of the molecule is CCOc1cc(C(CS(C)(=O)=O)n2c(=O)n(CCO)c3cc(Cl)ccc32)ccc1OC. The predicted molar refractivity (Wildman–Crippen MR) is 120 cm³/mol. The van der Waals surface area contributed by atoms with Crippen molar-refractivity contribution in [3.8, 4) is 11.5 Å². The number of sulfone groups is 1. The number of halogens is 1. The van der Waals surface area contributed by atoms with E-state index < -0.39 is 21.6 Å². The Labute approximate surface area is 185 Å². The summed E-state index contributed by atoms with van der Waals surface area (Å²) in [6, 6.07) is 9.21. The number of aromatic nitrogens is 2. The van der Waals surface area contributed by atoms with Crippen LogP contribution in [0.15, 0.2) is 41.2 Å². The van der Waals surface area contributed by atoms with Gasteiger partial charge in [-0.3, -0.25) is 9.13 Å². The molecule has 2 aromatic carbocycles. The third-order valence-electron chi connectivity index (χ3n) is 4.89. The fraction of sp³-hybridized carbons (Fsp3) is 0.381. The first-order chi connectivity index (χ1) is 14.7. The van der Waals surface area contributed by atoms with Gasteiger partial charge >= 0.3 is 5.69 Å². The van der Waals surface area contributed by atoms with Gasteiger partial charge in [-0.05, 0) is 42.8 Å². The molecule has 10 heteroatoms. The van der Waals surface area contributed by atoms with Crippen molar-refractivity contribution in [3.63, 3.8) is 0 Å². The molecular weight excluding hydrogens is 444 g/mol. The summed E-state index contributed by atoms with van der Waals surface area (Å²) in [5, 5.41) is 9.88. The van der Waals surface area contributed by atoms with Crippen LogP contribution in [0.4, 0.5) is 0 Å². The molecule has 0 bridgehead atoms. The summed E-state index contributed by atoms with van der Waals surface area (Å²) in [5.41, 5.74) is 1.18. The molecule has 1 aromatic heterocycles. The molecule has 0 saturated carbocycles. The molecule has 1 N–H and O–H groups in total. The maximum Gasteiger partial charge on any atom is 0.329 e. The zero-order valence-electron chi connectivity index (χ0n) is 17.5. The van der Waals surface area contributed by atoms with Crippen LogP contribution in [-0.2, 0) is 16.4 Å². The molecule has 0 fully saturated rings. The van der Waals surface area contributed by atoms with Gasteiger partial charge in [0.2, 0.25) is 0 Å². The van der Waals surface area contributed by atoms with Gasteiger partial charge in [0, 0.05) is 11.3 Å². The second-order valence-corrected chi connectivity index (χ2v) is 9.73. The Morgan fingerprint density at radius 3 is 2.48 bits per heavy atom. The van der Waals surface area contributed by atoms with Gasteiger partial charge in [-0.15, -0.1) is 0 Å². The van der Waals surface area contributed by atoms with Crippen molar-refractivity contribution < 1.29 is 23.0 Å². The van der Waals surface area contributed by atoms with E-state index >= 15 is 0 Å². The van der Waals surface area contributed by atoms with Crippen molar-refractivity contribution in [1.82, 2.24) is 9.13 Å². The van der Waals surface area contributed by atoms with E-state index in [0.717, 1.165) is 6.26 Å². The van der Waals surface area contributed by atoms with Gasteiger partial charge in [0.25, 0.3) is 0 Å². The second-order valence-electron chi connectivity index (χ2n) is 7.11. The molecule has 0 spiro atoms. The lowest BCUT2D eigenvalue weighted by Gasteiger charge is -2.20. The summed E-state index contributed by atoms with van der Waals surface area (Å²) >= 11 is 6.13. The number of benzene rings is 2. The van der Waals surface area contributed by atoms with E-state index in [1.165, 1.54) is 16.2 Å². The van der Waals surface area contributed by atoms with E-state index in [-0.39, 0.29) is 18.9 Å². The fourth-order valence-electron chi connectivity index (χ4n) is 3.65. The zero-order chi connectivity index (χ0) is 22.8. The predicted octanol–water partition coefficient (Wildman–Crippen LogP) is 2.49. The van der Waals surface area contributed by atoms with Crippen LogP contribution < -0.4 is 15.2 Å². The van der Waals surface area contributed by atoms with Crippen molar-refractivity contribution in [3.05, 3.63) is 57.5 Å². The van der Waals surface area contributed by atoms with Crippen molar-refractivity contribution in [1.29, 1.82) is 0 Å². The van der Waals surface area contributed by atoms with Gasteiger partial charge in [0.05, 0.1) is 49.7 Å². The summed E-state index contributed by atoms with van der Waals surface area (Å²) in [6.07, 6.45) is 1.13. The van der Waals surface area contributed by atoms with E-state index in [1.54, 1.807) is 36.4 Å². The van der Waals surface area contributed by atoms with Gasteiger partial charge < -0.3 is 14.6 Å². The van der Waals surface area contributed by atoms with Gasteiger partial charge in [-0.1, -0.05) is 17.7 Å². The molecule has 3 aromatic rings. The summed E-state index contributed by atoms with van der Waals surface area (Å²) in [5.74, 6) is 0.660. The molecule has 168 valence electrons. The van der Waals surface area contributed by atoms with E-state index in [9.17, 15) is 18.3 Å². The number of hydrogen-bond acceptors (Lipinski definition) is 6. The molecule has 0 aliphatic rings. The van der Waals surface area contributed by atoms with Crippen molar-refractivity contribution in [2.75, 3.05) is 32.3 Å². The van der Waals surface area contributed by atoms with E-state index in [4.69, 9.17) is 21.1 Å². The molecule has 0 amide bonds. The topological polar surface area (TPSA) is 99.8 Å². The van der Waals surface area contributed by atoms with Crippen molar-refractivity contribution in [2.45, 2.75) is 19.5 Å². The number of rotatable bonds is 9. The number of hydrogen-bond donors (Lipinski definition) is 1. The molecule has 0 aliphatic heterocycles.